The van der Waals surface area contributed by atoms with Gasteiger partial charge >= 0.3 is 0 Å². The maximum absolute atomic E-state index is 12.5. The van der Waals surface area contributed by atoms with Crippen LogP contribution in [0.2, 0.25) is 0 Å². The molecule has 5 heteroatoms. The molecule has 0 atom stereocenters. The predicted octanol–water partition coefficient (Wildman–Crippen LogP) is 4.24. The number of piperazine rings is 1. The van der Waals surface area contributed by atoms with Gasteiger partial charge in [-0.05, 0) is 57.0 Å². The standard InChI is InChI=1S/C24H33N3O2/c1-18(2)29-23-11-6-5-9-21(23)25-24(28)12-13-26-14-16-27(17-15-26)22-10-7-8-19(3)20(22)4/h5-11,18H,12-17H2,1-4H3,(H,25,28). The van der Waals surface area contributed by atoms with Crippen molar-refractivity contribution >= 4 is 17.3 Å². The Kier molecular flexibility index (Phi) is 7.15. The second kappa shape index (κ2) is 9.79. The summed E-state index contributed by atoms with van der Waals surface area (Å²) in [6.45, 7) is 13.1. The number of nitrogens with zero attached hydrogens (tertiary/aromatic N) is 2. The monoisotopic (exact) mass is 395 g/mol. The minimum atomic E-state index is 0.0294. The van der Waals surface area contributed by atoms with Crippen molar-refractivity contribution in [3.8, 4) is 5.75 Å². The second-order valence-electron chi connectivity index (χ2n) is 8.01. The van der Waals surface area contributed by atoms with Gasteiger partial charge in [-0.15, -0.1) is 0 Å². The summed E-state index contributed by atoms with van der Waals surface area (Å²) in [6.07, 6.45) is 0.556. The number of hydrogen-bond acceptors (Lipinski definition) is 4. The average Bonchev–Trinajstić information content (AvgIpc) is 2.70. The Morgan fingerprint density at radius 3 is 2.48 bits per heavy atom. The van der Waals surface area contributed by atoms with Crippen LogP contribution in [0.4, 0.5) is 11.4 Å². The first-order chi connectivity index (χ1) is 13.9. The number of benzene rings is 2. The Bertz CT molecular complexity index is 827. The van der Waals surface area contributed by atoms with Crippen LogP contribution in [0.15, 0.2) is 42.5 Å². The lowest BCUT2D eigenvalue weighted by atomic mass is 10.1. The fourth-order valence-electron chi connectivity index (χ4n) is 3.69. The normalized spacial score (nSPS) is 14.9. The molecule has 0 unspecified atom stereocenters. The number of para-hydroxylation sites is 2. The molecule has 156 valence electrons. The number of anilines is 2. The molecular weight excluding hydrogens is 362 g/mol. The number of nitrogens with one attached hydrogen (secondary N) is 1. The van der Waals surface area contributed by atoms with Crippen molar-refractivity contribution in [2.75, 3.05) is 42.9 Å². The van der Waals surface area contributed by atoms with Crippen molar-refractivity contribution in [3.05, 3.63) is 53.6 Å². The van der Waals surface area contributed by atoms with E-state index in [0.29, 0.717) is 6.42 Å². The summed E-state index contributed by atoms with van der Waals surface area (Å²) in [5.74, 6) is 0.750. The summed E-state index contributed by atoms with van der Waals surface area (Å²) >= 11 is 0. The Hall–Kier alpha value is -2.53. The van der Waals surface area contributed by atoms with Gasteiger partial charge in [-0.3, -0.25) is 9.69 Å². The molecule has 0 spiro atoms. The number of amides is 1. The molecule has 2 aromatic rings. The maximum atomic E-state index is 12.5. The Morgan fingerprint density at radius 1 is 1.03 bits per heavy atom. The van der Waals surface area contributed by atoms with Crippen LogP contribution in [0.3, 0.4) is 0 Å². The van der Waals surface area contributed by atoms with E-state index in [2.05, 4.69) is 47.2 Å². The number of carbonyl (C=O) groups is 1. The number of ether oxygens (including phenoxy) is 1. The minimum absolute atomic E-state index is 0.0294. The van der Waals surface area contributed by atoms with Gasteiger partial charge in [0.25, 0.3) is 0 Å². The van der Waals surface area contributed by atoms with Gasteiger partial charge in [0.1, 0.15) is 5.75 Å². The van der Waals surface area contributed by atoms with Crippen LogP contribution >= 0.6 is 0 Å². The van der Waals surface area contributed by atoms with Gasteiger partial charge in [0, 0.05) is 44.8 Å². The second-order valence-corrected chi connectivity index (χ2v) is 8.01. The van der Waals surface area contributed by atoms with E-state index >= 15 is 0 Å². The van der Waals surface area contributed by atoms with Crippen LogP contribution in [0.25, 0.3) is 0 Å². The summed E-state index contributed by atoms with van der Waals surface area (Å²) in [5.41, 5.74) is 4.78. The van der Waals surface area contributed by atoms with E-state index in [-0.39, 0.29) is 12.0 Å². The Labute approximate surface area is 174 Å². The van der Waals surface area contributed by atoms with Gasteiger partial charge in [0.05, 0.1) is 11.8 Å². The van der Waals surface area contributed by atoms with Crippen LogP contribution < -0.4 is 15.0 Å². The molecule has 1 fully saturated rings. The first kappa shape index (κ1) is 21.2. The molecule has 5 nitrogen and oxygen atoms in total. The van der Waals surface area contributed by atoms with Crippen molar-refractivity contribution in [3.63, 3.8) is 0 Å². The third-order valence-electron chi connectivity index (χ3n) is 5.47. The van der Waals surface area contributed by atoms with Crippen molar-refractivity contribution < 1.29 is 9.53 Å². The van der Waals surface area contributed by atoms with Crippen molar-refractivity contribution in [2.24, 2.45) is 0 Å². The van der Waals surface area contributed by atoms with E-state index in [4.69, 9.17) is 4.74 Å². The van der Waals surface area contributed by atoms with E-state index in [0.717, 1.165) is 44.2 Å². The quantitative estimate of drug-likeness (QED) is 0.762. The maximum Gasteiger partial charge on any atom is 0.225 e. The Balaban J connectivity index is 1.47. The summed E-state index contributed by atoms with van der Waals surface area (Å²) in [6, 6.07) is 14.1. The van der Waals surface area contributed by atoms with Gasteiger partial charge < -0.3 is 15.0 Å². The third kappa shape index (κ3) is 5.73. The molecule has 1 heterocycles. The molecule has 1 N–H and O–H groups in total. The van der Waals surface area contributed by atoms with Crippen molar-refractivity contribution in [1.29, 1.82) is 0 Å². The minimum Gasteiger partial charge on any atom is -0.489 e. The highest BCUT2D eigenvalue weighted by Gasteiger charge is 2.19. The lowest BCUT2D eigenvalue weighted by Crippen LogP contribution is -2.47. The molecule has 3 rings (SSSR count). The SMILES string of the molecule is Cc1cccc(N2CCN(CCC(=O)Nc3ccccc3OC(C)C)CC2)c1C. The molecular formula is C24H33N3O2. The summed E-state index contributed by atoms with van der Waals surface area (Å²) in [5, 5.41) is 3.00. The van der Waals surface area contributed by atoms with E-state index in [9.17, 15) is 4.79 Å². The molecule has 0 saturated carbocycles. The molecule has 0 radical (unpaired) electrons. The zero-order valence-corrected chi connectivity index (χ0v) is 18.1. The number of rotatable bonds is 7. The average molecular weight is 396 g/mol. The molecule has 1 amide bonds. The molecule has 2 aromatic carbocycles. The highest BCUT2D eigenvalue weighted by Crippen LogP contribution is 2.25. The summed E-state index contributed by atoms with van der Waals surface area (Å²) < 4.78 is 5.78. The molecule has 1 saturated heterocycles. The first-order valence-corrected chi connectivity index (χ1v) is 10.5. The molecule has 0 aromatic heterocycles. The van der Waals surface area contributed by atoms with Gasteiger partial charge in [-0.1, -0.05) is 24.3 Å². The zero-order valence-electron chi connectivity index (χ0n) is 18.1. The molecule has 29 heavy (non-hydrogen) atoms. The predicted molar refractivity (Wildman–Crippen MR) is 120 cm³/mol. The topological polar surface area (TPSA) is 44.8 Å². The lowest BCUT2D eigenvalue weighted by Gasteiger charge is -2.37. The van der Waals surface area contributed by atoms with Crippen LogP contribution in [0, 0.1) is 13.8 Å². The lowest BCUT2D eigenvalue weighted by molar-refractivity contribution is -0.116. The molecule has 0 bridgehead atoms. The highest BCUT2D eigenvalue weighted by atomic mass is 16.5. The van der Waals surface area contributed by atoms with Crippen molar-refractivity contribution in [1.82, 2.24) is 4.90 Å². The van der Waals surface area contributed by atoms with E-state index in [1.165, 1.54) is 16.8 Å². The summed E-state index contributed by atoms with van der Waals surface area (Å²) in [4.78, 5) is 17.3. The van der Waals surface area contributed by atoms with Crippen LogP contribution in [-0.4, -0.2) is 49.6 Å². The summed E-state index contributed by atoms with van der Waals surface area (Å²) in [7, 11) is 0. The van der Waals surface area contributed by atoms with Crippen molar-refractivity contribution in [2.45, 2.75) is 40.2 Å². The highest BCUT2D eigenvalue weighted by molar-refractivity contribution is 5.92. The Morgan fingerprint density at radius 2 is 1.76 bits per heavy atom. The number of carbonyl (C=O) groups excluding carboxylic acids is 1. The number of aryl methyl sites for hydroxylation is 1. The smallest absolute Gasteiger partial charge is 0.225 e. The van der Waals surface area contributed by atoms with Crippen LogP contribution in [0.5, 0.6) is 5.75 Å². The fourth-order valence-corrected chi connectivity index (χ4v) is 3.69. The van der Waals surface area contributed by atoms with Crippen LogP contribution in [0.1, 0.15) is 31.4 Å². The van der Waals surface area contributed by atoms with E-state index in [1.54, 1.807) is 0 Å². The molecule has 0 aliphatic carbocycles. The largest absolute Gasteiger partial charge is 0.489 e. The number of hydrogen-bond donors (Lipinski definition) is 1. The molecule has 1 aliphatic rings. The molecule has 1 aliphatic heterocycles. The van der Waals surface area contributed by atoms with Crippen LogP contribution in [-0.2, 0) is 4.79 Å². The third-order valence-corrected chi connectivity index (χ3v) is 5.47. The van der Waals surface area contributed by atoms with Gasteiger partial charge in [-0.25, -0.2) is 0 Å². The zero-order chi connectivity index (χ0) is 20.8. The first-order valence-electron chi connectivity index (χ1n) is 10.5. The van der Waals surface area contributed by atoms with Gasteiger partial charge in [0.2, 0.25) is 5.91 Å². The van der Waals surface area contributed by atoms with Gasteiger partial charge in [-0.2, -0.15) is 0 Å². The van der Waals surface area contributed by atoms with Gasteiger partial charge in [0.15, 0.2) is 0 Å². The van der Waals surface area contributed by atoms with E-state index in [1.807, 2.05) is 38.1 Å². The van der Waals surface area contributed by atoms with E-state index < -0.39 is 0 Å². The fraction of sp³-hybridized carbons (Fsp3) is 0.458.